The molecule has 1 N–H and O–H groups in total. The summed E-state index contributed by atoms with van der Waals surface area (Å²) in [6, 6.07) is 5.25. The van der Waals surface area contributed by atoms with Crippen molar-refractivity contribution in [2.24, 2.45) is 0 Å². The molecular formula is C12H10FN3O2. The topological polar surface area (TPSA) is 73.2 Å². The van der Waals surface area contributed by atoms with E-state index < -0.39 is 23.7 Å². The Balaban J connectivity index is 2.48. The largest absolute Gasteiger partial charge is 0.349 e. The number of nitrogens with one attached hydrogen (secondary N) is 1. The Bertz CT molecular complexity index is 565. The van der Waals surface area contributed by atoms with Crippen LogP contribution >= 0.6 is 0 Å². The van der Waals surface area contributed by atoms with Gasteiger partial charge < -0.3 is 4.90 Å². The summed E-state index contributed by atoms with van der Waals surface area (Å²) in [5, 5.41) is 11.1. The lowest BCUT2D eigenvalue weighted by Gasteiger charge is -2.33. The number of piperazine rings is 1. The molecular weight excluding hydrogens is 237 g/mol. The third kappa shape index (κ3) is 1.91. The summed E-state index contributed by atoms with van der Waals surface area (Å²) in [4.78, 5) is 24.3. The van der Waals surface area contributed by atoms with Crippen LogP contribution in [0.5, 0.6) is 0 Å². The predicted octanol–water partition coefficient (Wildman–Crippen LogP) is 0.549. The molecule has 1 saturated heterocycles. The predicted molar refractivity (Wildman–Crippen MR) is 61.1 cm³/mol. The fraction of sp³-hybridized carbons (Fsp3) is 0.250. The van der Waals surface area contributed by atoms with E-state index in [0.29, 0.717) is 0 Å². The number of halogens is 1. The zero-order chi connectivity index (χ0) is 13.3. The lowest BCUT2D eigenvalue weighted by Crippen LogP contribution is -2.57. The average Bonchev–Trinajstić information content (AvgIpc) is 2.33. The summed E-state index contributed by atoms with van der Waals surface area (Å²) in [6.07, 6.45) is 0. The molecule has 1 unspecified atom stereocenters. The SMILES string of the molecule is CC1C(=O)NC(=O)CN1c1cccc(F)c1C#N. The molecule has 1 heterocycles. The number of carbonyl (C=O) groups is 2. The van der Waals surface area contributed by atoms with Gasteiger partial charge in [0.05, 0.1) is 12.2 Å². The number of rotatable bonds is 1. The van der Waals surface area contributed by atoms with E-state index in [4.69, 9.17) is 5.26 Å². The number of carbonyl (C=O) groups excluding carboxylic acids is 2. The minimum absolute atomic E-state index is 0.0783. The first-order chi connectivity index (χ1) is 8.54. The number of benzene rings is 1. The number of amides is 2. The summed E-state index contributed by atoms with van der Waals surface area (Å²) in [7, 11) is 0. The fourth-order valence-electron chi connectivity index (χ4n) is 1.87. The molecule has 6 heteroatoms. The summed E-state index contributed by atoms with van der Waals surface area (Å²) in [5.74, 6) is -1.59. The van der Waals surface area contributed by atoms with E-state index in [-0.39, 0.29) is 17.8 Å². The molecule has 2 rings (SSSR count). The second-order valence-electron chi connectivity index (χ2n) is 3.96. The number of nitriles is 1. The van der Waals surface area contributed by atoms with Crippen LogP contribution in [0.3, 0.4) is 0 Å². The van der Waals surface area contributed by atoms with Gasteiger partial charge in [0.25, 0.3) is 0 Å². The Morgan fingerprint density at radius 2 is 2.22 bits per heavy atom. The van der Waals surface area contributed by atoms with Crippen LogP contribution < -0.4 is 10.2 Å². The van der Waals surface area contributed by atoms with Gasteiger partial charge in [-0.25, -0.2) is 4.39 Å². The van der Waals surface area contributed by atoms with Gasteiger partial charge in [-0.2, -0.15) is 5.26 Å². The number of anilines is 1. The molecule has 0 aliphatic carbocycles. The highest BCUT2D eigenvalue weighted by molar-refractivity contribution is 6.04. The van der Waals surface area contributed by atoms with Crippen molar-refractivity contribution in [3.63, 3.8) is 0 Å². The van der Waals surface area contributed by atoms with Gasteiger partial charge in [-0.3, -0.25) is 14.9 Å². The van der Waals surface area contributed by atoms with Gasteiger partial charge in [0, 0.05) is 0 Å². The van der Waals surface area contributed by atoms with Gasteiger partial charge in [-0.15, -0.1) is 0 Å². The molecule has 0 aromatic heterocycles. The summed E-state index contributed by atoms with van der Waals surface area (Å²) in [5.41, 5.74) is 0.0973. The number of imide groups is 1. The van der Waals surface area contributed by atoms with Gasteiger partial charge in [0.1, 0.15) is 23.5 Å². The molecule has 1 aromatic rings. The minimum Gasteiger partial charge on any atom is -0.349 e. The van der Waals surface area contributed by atoms with Crippen molar-refractivity contribution < 1.29 is 14.0 Å². The highest BCUT2D eigenvalue weighted by atomic mass is 19.1. The zero-order valence-electron chi connectivity index (χ0n) is 9.61. The second kappa shape index (κ2) is 4.45. The molecule has 0 saturated carbocycles. The Labute approximate surface area is 103 Å². The maximum Gasteiger partial charge on any atom is 0.249 e. The van der Waals surface area contributed by atoms with E-state index in [1.54, 1.807) is 13.0 Å². The molecule has 2 amide bonds. The van der Waals surface area contributed by atoms with Crippen molar-refractivity contribution in [2.75, 3.05) is 11.4 Å². The fourth-order valence-corrected chi connectivity index (χ4v) is 1.87. The van der Waals surface area contributed by atoms with E-state index in [9.17, 15) is 14.0 Å². The first-order valence-electron chi connectivity index (χ1n) is 5.33. The number of hydrogen-bond acceptors (Lipinski definition) is 4. The molecule has 0 bridgehead atoms. The Kier molecular flexibility index (Phi) is 2.98. The highest BCUT2D eigenvalue weighted by Gasteiger charge is 2.32. The third-order valence-electron chi connectivity index (χ3n) is 2.84. The first kappa shape index (κ1) is 12.0. The molecule has 18 heavy (non-hydrogen) atoms. The smallest absolute Gasteiger partial charge is 0.249 e. The average molecular weight is 247 g/mol. The molecule has 1 atom stereocenters. The first-order valence-corrected chi connectivity index (χ1v) is 5.33. The third-order valence-corrected chi connectivity index (χ3v) is 2.84. The normalized spacial score (nSPS) is 19.4. The quantitative estimate of drug-likeness (QED) is 0.735. The van der Waals surface area contributed by atoms with E-state index in [1.165, 1.54) is 23.1 Å². The molecule has 0 radical (unpaired) electrons. The lowest BCUT2D eigenvalue weighted by molar-refractivity contribution is -0.132. The minimum atomic E-state index is -0.666. The highest BCUT2D eigenvalue weighted by Crippen LogP contribution is 2.25. The van der Waals surface area contributed by atoms with Crippen LogP contribution in [0.2, 0.25) is 0 Å². The lowest BCUT2D eigenvalue weighted by atomic mass is 10.1. The van der Waals surface area contributed by atoms with E-state index >= 15 is 0 Å². The maximum atomic E-state index is 13.5. The number of nitrogens with zero attached hydrogens (tertiary/aromatic N) is 2. The van der Waals surface area contributed by atoms with Crippen molar-refractivity contribution in [3.8, 4) is 6.07 Å². The van der Waals surface area contributed by atoms with Gasteiger partial charge >= 0.3 is 0 Å². The molecule has 0 spiro atoms. The summed E-state index contributed by atoms with van der Waals surface area (Å²) >= 11 is 0. The van der Waals surface area contributed by atoms with Gasteiger partial charge in [-0.05, 0) is 19.1 Å². The summed E-state index contributed by atoms with van der Waals surface area (Å²) < 4.78 is 13.5. The van der Waals surface area contributed by atoms with E-state index in [1.807, 2.05) is 0 Å². The summed E-state index contributed by atoms with van der Waals surface area (Å²) in [6.45, 7) is 1.51. The number of hydrogen-bond donors (Lipinski definition) is 1. The molecule has 1 fully saturated rings. The van der Waals surface area contributed by atoms with Crippen LogP contribution in [0.1, 0.15) is 12.5 Å². The van der Waals surface area contributed by atoms with Gasteiger partial charge in [0.15, 0.2) is 0 Å². The van der Waals surface area contributed by atoms with E-state index in [2.05, 4.69) is 5.32 Å². The van der Waals surface area contributed by atoms with Crippen LogP contribution in [0.25, 0.3) is 0 Å². The van der Waals surface area contributed by atoms with Crippen LogP contribution in [-0.2, 0) is 9.59 Å². The molecule has 92 valence electrons. The van der Waals surface area contributed by atoms with Crippen molar-refractivity contribution in [1.29, 1.82) is 5.26 Å². The van der Waals surface area contributed by atoms with E-state index in [0.717, 1.165) is 0 Å². The standard InChI is InChI=1S/C12H10FN3O2/c1-7-12(18)15-11(17)6-16(7)10-4-2-3-9(13)8(10)5-14/h2-4,7H,6H2,1H3,(H,15,17,18). The van der Waals surface area contributed by atoms with Crippen molar-refractivity contribution in [3.05, 3.63) is 29.6 Å². The maximum absolute atomic E-state index is 13.5. The van der Waals surface area contributed by atoms with Gasteiger partial charge in [0.2, 0.25) is 11.8 Å². The van der Waals surface area contributed by atoms with Crippen molar-refractivity contribution in [1.82, 2.24) is 5.32 Å². The van der Waals surface area contributed by atoms with Crippen LogP contribution in [0.4, 0.5) is 10.1 Å². The monoisotopic (exact) mass is 247 g/mol. The zero-order valence-corrected chi connectivity index (χ0v) is 9.61. The van der Waals surface area contributed by atoms with Crippen molar-refractivity contribution in [2.45, 2.75) is 13.0 Å². The molecule has 1 aliphatic heterocycles. The van der Waals surface area contributed by atoms with Crippen LogP contribution in [-0.4, -0.2) is 24.4 Å². The van der Waals surface area contributed by atoms with Crippen LogP contribution in [0.15, 0.2) is 18.2 Å². The Hall–Kier alpha value is -2.42. The molecule has 5 nitrogen and oxygen atoms in total. The Morgan fingerprint density at radius 3 is 2.89 bits per heavy atom. The van der Waals surface area contributed by atoms with Crippen LogP contribution in [0, 0.1) is 17.1 Å². The van der Waals surface area contributed by atoms with Crippen molar-refractivity contribution >= 4 is 17.5 Å². The molecule has 1 aliphatic rings. The molecule has 1 aromatic carbocycles. The Morgan fingerprint density at radius 1 is 1.50 bits per heavy atom. The van der Waals surface area contributed by atoms with Gasteiger partial charge in [-0.1, -0.05) is 6.07 Å². The second-order valence-corrected chi connectivity index (χ2v) is 3.96.